The van der Waals surface area contributed by atoms with Gasteiger partial charge in [0.1, 0.15) is 0 Å². The molecule has 0 aromatic heterocycles. The van der Waals surface area contributed by atoms with Crippen molar-refractivity contribution in [1.82, 2.24) is 0 Å². The van der Waals surface area contributed by atoms with Gasteiger partial charge in [0.05, 0.1) is 12.9 Å². The van der Waals surface area contributed by atoms with Crippen LogP contribution in [0.5, 0.6) is 0 Å². The molecule has 0 saturated carbocycles. The van der Waals surface area contributed by atoms with Crippen LogP contribution < -0.4 is 0 Å². The van der Waals surface area contributed by atoms with Gasteiger partial charge in [-0.15, -0.1) is 0 Å². The molecule has 0 fully saturated rings. The fourth-order valence-corrected chi connectivity index (χ4v) is 1.93. The summed E-state index contributed by atoms with van der Waals surface area (Å²) >= 11 is 0. The summed E-state index contributed by atoms with van der Waals surface area (Å²) in [6.45, 7) is 1.10. The first kappa shape index (κ1) is 11.4. The van der Waals surface area contributed by atoms with Gasteiger partial charge in [-0.3, -0.25) is 0 Å². The van der Waals surface area contributed by atoms with Crippen molar-refractivity contribution in [3.8, 4) is 0 Å². The lowest BCUT2D eigenvalue weighted by atomic mass is 10.1. The Bertz CT molecular complexity index is 264. The van der Waals surface area contributed by atoms with Crippen LogP contribution >= 0.6 is 0 Å². The number of sulfone groups is 1. The standard InChI is InChI=1S/C6H12O5S/c1-6(8,5(7)11-2)4-12(3,9)10/h8H,4H2,1-3H3/t6-/m1/s1. The number of ether oxygens (including phenoxy) is 1. The summed E-state index contributed by atoms with van der Waals surface area (Å²) in [5.74, 6) is -1.58. The van der Waals surface area contributed by atoms with Crippen LogP contribution in [0, 0.1) is 0 Å². The number of rotatable bonds is 3. The lowest BCUT2D eigenvalue weighted by molar-refractivity contribution is -0.158. The molecule has 6 heteroatoms. The van der Waals surface area contributed by atoms with Crippen molar-refractivity contribution in [2.75, 3.05) is 19.1 Å². The minimum absolute atomic E-state index is 0.632. The molecule has 0 aliphatic rings. The van der Waals surface area contributed by atoms with E-state index in [1.807, 2.05) is 0 Å². The van der Waals surface area contributed by atoms with Crippen molar-refractivity contribution >= 4 is 15.8 Å². The van der Waals surface area contributed by atoms with Crippen molar-refractivity contribution in [2.24, 2.45) is 0 Å². The molecule has 0 heterocycles. The van der Waals surface area contributed by atoms with Gasteiger partial charge in [0.2, 0.25) is 0 Å². The zero-order valence-corrected chi connectivity index (χ0v) is 8.01. The lowest BCUT2D eigenvalue weighted by Crippen LogP contribution is -2.42. The number of hydrogen-bond acceptors (Lipinski definition) is 5. The van der Waals surface area contributed by atoms with E-state index < -0.39 is 27.2 Å². The molecule has 0 amide bonds. The van der Waals surface area contributed by atoms with Gasteiger partial charge in [0.15, 0.2) is 15.4 Å². The summed E-state index contributed by atoms with van der Waals surface area (Å²) in [6, 6.07) is 0. The summed E-state index contributed by atoms with van der Waals surface area (Å²) in [4.78, 5) is 10.8. The van der Waals surface area contributed by atoms with Gasteiger partial charge < -0.3 is 9.84 Å². The summed E-state index contributed by atoms with van der Waals surface area (Å²) in [6.07, 6.45) is 0.935. The molecule has 12 heavy (non-hydrogen) atoms. The summed E-state index contributed by atoms with van der Waals surface area (Å²) in [5.41, 5.74) is -1.96. The molecule has 0 aromatic carbocycles. The molecule has 0 aromatic rings. The SMILES string of the molecule is COC(=O)[C@](C)(O)CS(C)(=O)=O. The Hall–Kier alpha value is -0.620. The third kappa shape index (κ3) is 3.68. The van der Waals surface area contributed by atoms with Gasteiger partial charge in [-0.2, -0.15) is 0 Å². The fourth-order valence-electron chi connectivity index (χ4n) is 0.789. The van der Waals surface area contributed by atoms with Crippen LogP contribution in [0.1, 0.15) is 6.92 Å². The van der Waals surface area contributed by atoms with Crippen molar-refractivity contribution < 1.29 is 23.1 Å². The maximum atomic E-state index is 10.8. The van der Waals surface area contributed by atoms with Crippen molar-refractivity contribution in [3.63, 3.8) is 0 Å². The fraction of sp³-hybridized carbons (Fsp3) is 0.833. The average molecular weight is 196 g/mol. The number of carbonyl (C=O) groups excluding carboxylic acids is 1. The van der Waals surface area contributed by atoms with E-state index in [1.165, 1.54) is 0 Å². The lowest BCUT2D eigenvalue weighted by Gasteiger charge is -2.18. The minimum Gasteiger partial charge on any atom is -0.467 e. The van der Waals surface area contributed by atoms with E-state index in [4.69, 9.17) is 0 Å². The molecule has 5 nitrogen and oxygen atoms in total. The van der Waals surface area contributed by atoms with Crippen LogP contribution in [0.25, 0.3) is 0 Å². The molecule has 72 valence electrons. The molecule has 0 rings (SSSR count). The smallest absolute Gasteiger partial charge is 0.338 e. The number of hydrogen-bond donors (Lipinski definition) is 1. The second-order valence-electron chi connectivity index (χ2n) is 2.84. The van der Waals surface area contributed by atoms with E-state index in [-0.39, 0.29) is 0 Å². The predicted octanol–water partition coefficient (Wildman–Crippen LogP) is -1.04. The highest BCUT2D eigenvalue weighted by atomic mass is 32.2. The van der Waals surface area contributed by atoms with Crippen molar-refractivity contribution in [1.29, 1.82) is 0 Å². The van der Waals surface area contributed by atoms with Crippen LogP contribution in [-0.2, 0) is 19.4 Å². The minimum atomic E-state index is -3.39. The Balaban J connectivity index is 4.54. The highest BCUT2D eigenvalue weighted by Gasteiger charge is 2.35. The summed E-state index contributed by atoms with van der Waals surface area (Å²) < 4.78 is 25.6. The second-order valence-corrected chi connectivity index (χ2v) is 4.98. The number of methoxy groups -OCH3 is 1. The second kappa shape index (κ2) is 3.40. The zero-order valence-electron chi connectivity index (χ0n) is 7.20. The summed E-state index contributed by atoms with van der Waals surface area (Å²) in [5, 5.41) is 9.26. The Morgan fingerprint density at radius 3 is 2.25 bits per heavy atom. The first-order valence-electron chi connectivity index (χ1n) is 3.17. The first-order chi connectivity index (χ1) is 5.19. The summed E-state index contributed by atoms with van der Waals surface area (Å²) in [7, 11) is -2.31. The molecule has 0 bridgehead atoms. The number of aliphatic hydroxyl groups is 1. The molecule has 1 atom stereocenters. The molecular formula is C6H12O5S. The largest absolute Gasteiger partial charge is 0.467 e. The molecule has 0 saturated heterocycles. The maximum absolute atomic E-state index is 10.8. The van der Waals surface area contributed by atoms with E-state index in [2.05, 4.69) is 4.74 Å². The van der Waals surface area contributed by atoms with E-state index in [1.54, 1.807) is 0 Å². The quantitative estimate of drug-likeness (QED) is 0.583. The van der Waals surface area contributed by atoms with Gasteiger partial charge >= 0.3 is 5.97 Å². The Labute approximate surface area is 71.3 Å². The molecular weight excluding hydrogens is 184 g/mol. The van der Waals surface area contributed by atoms with Gasteiger partial charge in [0, 0.05) is 6.26 Å². The van der Waals surface area contributed by atoms with Crippen LogP contribution in [0.2, 0.25) is 0 Å². The molecule has 1 N–H and O–H groups in total. The molecule has 0 unspecified atom stereocenters. The number of carbonyl (C=O) groups is 1. The van der Waals surface area contributed by atoms with Crippen molar-refractivity contribution in [3.05, 3.63) is 0 Å². The van der Waals surface area contributed by atoms with Gasteiger partial charge in [-0.25, -0.2) is 13.2 Å². The monoisotopic (exact) mass is 196 g/mol. The van der Waals surface area contributed by atoms with E-state index >= 15 is 0 Å². The molecule has 0 aliphatic heterocycles. The van der Waals surface area contributed by atoms with Gasteiger partial charge in [0.25, 0.3) is 0 Å². The van der Waals surface area contributed by atoms with E-state index in [9.17, 15) is 18.3 Å². The normalized spacial score (nSPS) is 16.7. The highest BCUT2D eigenvalue weighted by Crippen LogP contribution is 2.08. The molecule has 0 aliphatic carbocycles. The van der Waals surface area contributed by atoms with E-state index in [0.717, 1.165) is 20.3 Å². The first-order valence-corrected chi connectivity index (χ1v) is 5.23. The number of esters is 1. The van der Waals surface area contributed by atoms with Crippen molar-refractivity contribution in [2.45, 2.75) is 12.5 Å². The van der Waals surface area contributed by atoms with Crippen LogP contribution in [0.15, 0.2) is 0 Å². The average Bonchev–Trinajstić information content (AvgIpc) is 1.80. The van der Waals surface area contributed by atoms with E-state index in [0.29, 0.717) is 0 Å². The molecule has 0 spiro atoms. The third-order valence-corrected chi connectivity index (χ3v) is 2.25. The van der Waals surface area contributed by atoms with Crippen LogP contribution in [-0.4, -0.2) is 44.2 Å². The molecule has 0 radical (unpaired) electrons. The zero-order chi connectivity index (χ0) is 9.99. The Morgan fingerprint density at radius 1 is 1.58 bits per heavy atom. The highest BCUT2D eigenvalue weighted by molar-refractivity contribution is 7.90. The van der Waals surface area contributed by atoms with Crippen LogP contribution in [0.4, 0.5) is 0 Å². The third-order valence-electron chi connectivity index (χ3n) is 1.17. The van der Waals surface area contributed by atoms with Crippen LogP contribution in [0.3, 0.4) is 0 Å². The van der Waals surface area contributed by atoms with Gasteiger partial charge in [-0.05, 0) is 6.92 Å². The Morgan fingerprint density at radius 2 is 2.00 bits per heavy atom. The predicted molar refractivity (Wildman–Crippen MR) is 42.4 cm³/mol. The maximum Gasteiger partial charge on any atom is 0.338 e. The van der Waals surface area contributed by atoms with Gasteiger partial charge in [-0.1, -0.05) is 0 Å². The topological polar surface area (TPSA) is 80.7 Å². The Kier molecular flexibility index (Phi) is 3.23.